The first-order chi connectivity index (χ1) is 9.46. The zero-order valence-electron chi connectivity index (χ0n) is 12.0. The summed E-state index contributed by atoms with van der Waals surface area (Å²) in [6, 6.07) is 0. The molecule has 1 aliphatic heterocycles. The van der Waals surface area contributed by atoms with E-state index in [1.54, 1.807) is 13.8 Å². The maximum atomic E-state index is 12.4. The van der Waals surface area contributed by atoms with Crippen LogP contribution in [0.3, 0.4) is 0 Å². The summed E-state index contributed by atoms with van der Waals surface area (Å²) in [7, 11) is 0. The van der Waals surface area contributed by atoms with Crippen molar-refractivity contribution in [3.05, 3.63) is 12.2 Å². The summed E-state index contributed by atoms with van der Waals surface area (Å²) in [5.41, 5.74) is -1.02. The summed E-state index contributed by atoms with van der Waals surface area (Å²) in [5.74, 6) is -1.90. The maximum absolute atomic E-state index is 12.4. The Balaban J connectivity index is 2.23. The van der Waals surface area contributed by atoms with Crippen LogP contribution in [0.1, 0.15) is 39.5 Å². The van der Waals surface area contributed by atoms with Crippen molar-refractivity contribution in [2.45, 2.75) is 39.5 Å². The molecule has 1 N–H and O–H groups in total. The summed E-state index contributed by atoms with van der Waals surface area (Å²) in [6.07, 6.45) is 5.85. The van der Waals surface area contributed by atoms with Crippen LogP contribution in [0.2, 0.25) is 0 Å². The molecule has 20 heavy (non-hydrogen) atoms. The van der Waals surface area contributed by atoms with Gasteiger partial charge in [-0.1, -0.05) is 26.0 Å². The highest BCUT2D eigenvalue weighted by Crippen LogP contribution is 2.38. The molecule has 0 aromatic rings. The zero-order chi connectivity index (χ0) is 14.9. The number of hydrogen-bond donors (Lipinski definition) is 1. The van der Waals surface area contributed by atoms with Gasteiger partial charge < -0.3 is 5.11 Å². The smallest absolute Gasteiger partial charge is 0.311 e. The van der Waals surface area contributed by atoms with Gasteiger partial charge in [-0.15, -0.1) is 0 Å². The van der Waals surface area contributed by atoms with Gasteiger partial charge in [0.2, 0.25) is 11.8 Å². The van der Waals surface area contributed by atoms with E-state index in [9.17, 15) is 19.5 Å². The lowest BCUT2D eigenvalue weighted by Gasteiger charge is -2.30. The second-order valence-electron chi connectivity index (χ2n) is 5.71. The molecule has 2 rings (SSSR count). The van der Waals surface area contributed by atoms with Crippen LogP contribution < -0.4 is 0 Å². The molecule has 0 bridgehead atoms. The van der Waals surface area contributed by atoms with Gasteiger partial charge in [0.1, 0.15) is 0 Å². The number of carbonyl (C=O) groups excluding carboxylic acids is 2. The van der Waals surface area contributed by atoms with Crippen molar-refractivity contribution in [2.24, 2.45) is 17.3 Å². The lowest BCUT2D eigenvalue weighted by molar-refractivity contribution is -0.153. The van der Waals surface area contributed by atoms with E-state index in [0.717, 1.165) is 0 Å². The number of fused-ring (bicyclic) bond motifs is 1. The molecule has 1 saturated heterocycles. The third-order valence-corrected chi connectivity index (χ3v) is 4.87. The number of aliphatic carboxylic acids is 1. The van der Waals surface area contributed by atoms with Crippen molar-refractivity contribution < 1.29 is 19.5 Å². The summed E-state index contributed by atoms with van der Waals surface area (Å²) in [6.45, 7) is 3.58. The van der Waals surface area contributed by atoms with Crippen LogP contribution in [-0.2, 0) is 14.4 Å². The van der Waals surface area contributed by atoms with Crippen molar-refractivity contribution in [2.75, 3.05) is 6.54 Å². The Morgan fingerprint density at radius 3 is 2.00 bits per heavy atom. The van der Waals surface area contributed by atoms with Crippen molar-refractivity contribution in [3.8, 4) is 0 Å². The number of likely N-dealkylation sites (tertiary alicyclic amines) is 1. The average Bonchev–Trinajstić information content (AvgIpc) is 2.69. The average molecular weight is 279 g/mol. The van der Waals surface area contributed by atoms with Crippen LogP contribution in [0.25, 0.3) is 0 Å². The molecule has 0 aromatic carbocycles. The van der Waals surface area contributed by atoms with Gasteiger partial charge in [0, 0.05) is 6.54 Å². The summed E-state index contributed by atoms with van der Waals surface area (Å²) >= 11 is 0. The normalized spacial score (nSPS) is 26.0. The second kappa shape index (κ2) is 5.38. The molecule has 0 aromatic heterocycles. The minimum atomic E-state index is -1.02. The maximum Gasteiger partial charge on any atom is 0.311 e. The number of amides is 2. The van der Waals surface area contributed by atoms with E-state index >= 15 is 0 Å². The number of carboxylic acid groups (broad SMARTS) is 1. The fraction of sp³-hybridized carbons (Fsp3) is 0.667. The number of carbonyl (C=O) groups is 3. The molecule has 110 valence electrons. The molecule has 2 atom stereocenters. The Morgan fingerprint density at radius 2 is 1.65 bits per heavy atom. The largest absolute Gasteiger partial charge is 0.481 e. The molecular formula is C15H21NO4. The van der Waals surface area contributed by atoms with Gasteiger partial charge in [-0.3, -0.25) is 19.3 Å². The van der Waals surface area contributed by atoms with Crippen LogP contribution >= 0.6 is 0 Å². The molecule has 5 heteroatoms. The van der Waals surface area contributed by atoms with Crippen molar-refractivity contribution in [1.29, 1.82) is 0 Å². The monoisotopic (exact) mass is 279 g/mol. The quantitative estimate of drug-likeness (QED) is 0.615. The Labute approximate surface area is 118 Å². The first kappa shape index (κ1) is 14.8. The molecule has 5 nitrogen and oxygen atoms in total. The highest BCUT2D eigenvalue weighted by Gasteiger charge is 2.50. The van der Waals surface area contributed by atoms with Crippen LogP contribution in [-0.4, -0.2) is 34.3 Å². The van der Waals surface area contributed by atoms with Gasteiger partial charge >= 0.3 is 5.97 Å². The molecule has 0 saturated carbocycles. The molecule has 1 heterocycles. The first-order valence-electron chi connectivity index (χ1n) is 7.20. The molecule has 2 aliphatic rings. The number of imide groups is 1. The molecule has 1 fully saturated rings. The van der Waals surface area contributed by atoms with E-state index in [4.69, 9.17) is 0 Å². The van der Waals surface area contributed by atoms with E-state index < -0.39 is 11.4 Å². The lowest BCUT2D eigenvalue weighted by Crippen LogP contribution is -2.45. The topological polar surface area (TPSA) is 74.7 Å². The van der Waals surface area contributed by atoms with Crippen LogP contribution in [0.15, 0.2) is 12.2 Å². The van der Waals surface area contributed by atoms with Gasteiger partial charge in [-0.2, -0.15) is 0 Å². The van der Waals surface area contributed by atoms with E-state index in [1.807, 2.05) is 12.2 Å². The summed E-state index contributed by atoms with van der Waals surface area (Å²) in [4.78, 5) is 37.5. The number of rotatable bonds is 5. The fourth-order valence-electron chi connectivity index (χ4n) is 3.17. The SMILES string of the molecule is CCC(CC)(CN1C(=O)[C@H]2CC=CC[C@H]2C1=O)C(=O)O. The van der Waals surface area contributed by atoms with Crippen molar-refractivity contribution in [3.63, 3.8) is 0 Å². The number of hydrogen-bond acceptors (Lipinski definition) is 3. The molecule has 1 aliphatic carbocycles. The zero-order valence-corrected chi connectivity index (χ0v) is 12.0. The van der Waals surface area contributed by atoms with Crippen molar-refractivity contribution >= 4 is 17.8 Å². The van der Waals surface area contributed by atoms with E-state index in [2.05, 4.69) is 0 Å². The predicted molar refractivity (Wildman–Crippen MR) is 72.7 cm³/mol. The lowest BCUT2D eigenvalue weighted by atomic mass is 9.82. The molecular weight excluding hydrogens is 258 g/mol. The first-order valence-corrected chi connectivity index (χ1v) is 7.20. The molecule has 0 unspecified atom stereocenters. The Morgan fingerprint density at radius 1 is 1.20 bits per heavy atom. The van der Waals surface area contributed by atoms with Gasteiger partial charge in [0.05, 0.1) is 17.3 Å². The molecule has 0 spiro atoms. The molecule has 0 radical (unpaired) electrons. The Hall–Kier alpha value is -1.65. The predicted octanol–water partition coefficient (Wildman–Crippen LogP) is 1.83. The number of nitrogens with zero attached hydrogens (tertiary/aromatic N) is 1. The Kier molecular flexibility index (Phi) is 3.97. The number of allylic oxidation sites excluding steroid dienone is 2. The molecule has 2 amide bonds. The van der Waals surface area contributed by atoms with E-state index in [1.165, 1.54) is 4.90 Å². The third-order valence-electron chi connectivity index (χ3n) is 4.87. The highest BCUT2D eigenvalue weighted by molar-refractivity contribution is 6.05. The van der Waals surface area contributed by atoms with E-state index in [-0.39, 0.29) is 30.2 Å². The van der Waals surface area contributed by atoms with E-state index in [0.29, 0.717) is 25.7 Å². The minimum absolute atomic E-state index is 0. The van der Waals surface area contributed by atoms with Crippen molar-refractivity contribution in [1.82, 2.24) is 4.90 Å². The number of carboxylic acids is 1. The van der Waals surface area contributed by atoms with Gasteiger partial charge in [0.25, 0.3) is 0 Å². The van der Waals surface area contributed by atoms with Crippen LogP contribution in [0.5, 0.6) is 0 Å². The van der Waals surface area contributed by atoms with Gasteiger partial charge in [-0.25, -0.2) is 0 Å². The van der Waals surface area contributed by atoms with Crippen LogP contribution in [0, 0.1) is 17.3 Å². The Bertz CT molecular complexity index is 438. The minimum Gasteiger partial charge on any atom is -0.481 e. The fourth-order valence-corrected chi connectivity index (χ4v) is 3.17. The standard InChI is InChI=1S/C15H21NO4/c1-3-15(4-2,14(19)20)9-16-12(17)10-7-5-6-8-11(10)13(16)18/h5-6,10-11H,3-4,7-9H2,1-2H3,(H,19,20)/t10-,11+. The third kappa shape index (κ3) is 2.15. The second-order valence-corrected chi connectivity index (χ2v) is 5.71. The van der Waals surface area contributed by atoms with Crippen LogP contribution in [0.4, 0.5) is 0 Å². The summed E-state index contributed by atoms with van der Waals surface area (Å²) in [5, 5.41) is 9.45. The van der Waals surface area contributed by atoms with Gasteiger partial charge in [-0.05, 0) is 25.7 Å². The van der Waals surface area contributed by atoms with Gasteiger partial charge in [0.15, 0.2) is 0 Å². The summed E-state index contributed by atoms with van der Waals surface area (Å²) < 4.78 is 0. The highest BCUT2D eigenvalue weighted by atomic mass is 16.4.